The Hall–Kier alpha value is -2.36. The first kappa shape index (κ1) is 29.2. The van der Waals surface area contributed by atoms with Gasteiger partial charge in [0.15, 0.2) is 6.23 Å². The number of ether oxygens (including phenoxy) is 2. The van der Waals surface area contributed by atoms with Crippen LogP contribution in [0.2, 0.25) is 0 Å². The second kappa shape index (κ2) is 12.5. The van der Waals surface area contributed by atoms with Crippen molar-refractivity contribution < 1.29 is 37.8 Å². The number of alkyl halides is 1. The van der Waals surface area contributed by atoms with Gasteiger partial charge in [0.1, 0.15) is 28.7 Å². The minimum absolute atomic E-state index is 0.228. The maximum absolute atomic E-state index is 13.8. The van der Waals surface area contributed by atoms with Crippen LogP contribution in [0.5, 0.6) is 5.75 Å². The summed E-state index contributed by atoms with van der Waals surface area (Å²) in [7, 11) is -3.92. The third-order valence-electron chi connectivity index (χ3n) is 6.00. The van der Waals surface area contributed by atoms with Crippen molar-refractivity contribution in [2.45, 2.75) is 56.9 Å². The number of hydrogen-bond acceptors (Lipinski definition) is 9. The number of nitrogens with one attached hydrogen (secondary N) is 1. The number of rotatable bonds is 12. The summed E-state index contributed by atoms with van der Waals surface area (Å²) in [5.41, 5.74) is 0. The van der Waals surface area contributed by atoms with Gasteiger partial charge in [-0.1, -0.05) is 45.0 Å². The molecule has 0 aromatic heterocycles. The van der Waals surface area contributed by atoms with Gasteiger partial charge in [0, 0.05) is 12.3 Å². The first-order chi connectivity index (χ1) is 17.5. The Morgan fingerprint density at radius 1 is 1.38 bits per heavy atom. The van der Waals surface area contributed by atoms with Crippen molar-refractivity contribution in [1.29, 1.82) is 0 Å². The number of carbonyl (C=O) groups excluding carboxylic acids is 2. The zero-order valence-electron chi connectivity index (χ0n) is 21.2. The third kappa shape index (κ3) is 7.36. The van der Waals surface area contributed by atoms with Gasteiger partial charge in [0.2, 0.25) is 0 Å². The zero-order chi connectivity index (χ0) is 27.2. The molecule has 0 saturated carbocycles. The van der Waals surface area contributed by atoms with E-state index in [1.807, 2.05) is 6.92 Å². The molecule has 0 aliphatic carbocycles. The van der Waals surface area contributed by atoms with Gasteiger partial charge in [-0.25, -0.2) is 4.57 Å². The molecule has 1 unspecified atom stereocenters. The smallest absolute Gasteiger partial charge is 0.380 e. The van der Waals surface area contributed by atoms with Crippen molar-refractivity contribution in [1.82, 2.24) is 10.2 Å². The minimum atomic E-state index is -3.92. The van der Waals surface area contributed by atoms with Crippen molar-refractivity contribution in [2.75, 3.05) is 19.4 Å². The molecule has 204 valence electrons. The highest BCUT2D eigenvalue weighted by Crippen LogP contribution is 2.51. The Morgan fingerprint density at radius 2 is 2.08 bits per heavy atom. The molecule has 37 heavy (non-hydrogen) atoms. The van der Waals surface area contributed by atoms with E-state index >= 15 is 0 Å². The van der Waals surface area contributed by atoms with Crippen LogP contribution in [0, 0.1) is 5.92 Å². The van der Waals surface area contributed by atoms with Crippen LogP contribution < -0.4 is 9.84 Å². The van der Waals surface area contributed by atoms with E-state index in [9.17, 15) is 19.3 Å². The lowest BCUT2D eigenvalue weighted by Crippen LogP contribution is -2.50. The average Bonchev–Trinajstić information content (AvgIpc) is 3.07. The van der Waals surface area contributed by atoms with Crippen molar-refractivity contribution in [3.63, 3.8) is 0 Å². The lowest BCUT2D eigenvalue weighted by Gasteiger charge is -2.36. The summed E-state index contributed by atoms with van der Waals surface area (Å²) in [6.45, 7) is 8.89. The van der Waals surface area contributed by atoms with E-state index in [1.165, 1.54) is 17.2 Å². The molecule has 6 atom stereocenters. The molecular formula is C25H34ClN2O8P. The van der Waals surface area contributed by atoms with E-state index in [0.717, 1.165) is 12.8 Å². The largest absolute Gasteiger partial charge is 0.465 e. The molecule has 1 saturated heterocycles. The Bertz CT molecular complexity index is 1050. The highest BCUT2D eigenvalue weighted by molar-refractivity contribution is 7.54. The van der Waals surface area contributed by atoms with Crippen molar-refractivity contribution in [3.8, 4) is 5.75 Å². The number of para-hydroxylation sites is 1. The molecular weight excluding hydrogens is 523 g/mol. The maximum Gasteiger partial charge on any atom is 0.380 e. The van der Waals surface area contributed by atoms with Gasteiger partial charge < -0.3 is 29.3 Å². The van der Waals surface area contributed by atoms with Gasteiger partial charge in [-0.05, 0) is 25.5 Å². The second-order valence-electron chi connectivity index (χ2n) is 9.20. The van der Waals surface area contributed by atoms with Gasteiger partial charge >= 0.3 is 13.6 Å². The molecule has 2 aliphatic rings. The number of unbranched alkanes of at least 4 members (excludes halogenated alkanes) is 1. The number of hydrogen-bond donors (Lipinski definition) is 2. The molecule has 1 fully saturated rings. The minimum Gasteiger partial charge on any atom is -0.465 e. The molecule has 2 aliphatic heterocycles. The van der Waals surface area contributed by atoms with Gasteiger partial charge in [-0.15, -0.1) is 11.6 Å². The number of esters is 1. The molecule has 3 rings (SSSR count). The Kier molecular flexibility index (Phi) is 9.83. The first-order valence-electron chi connectivity index (χ1n) is 12.1. The molecule has 0 radical (unpaired) electrons. The first-order valence-corrected chi connectivity index (χ1v) is 14.2. The monoisotopic (exact) mass is 556 g/mol. The van der Waals surface area contributed by atoms with Gasteiger partial charge in [-0.3, -0.25) is 14.1 Å². The standard InChI is InChI=1S/C25H34ClN2O8P/c1-5-6-14-33-23(31)17(2)16-37(32,36-19-10-8-7-9-11-19)34-15-20-22(30)25(4,26)24(35-20)28-13-12-21(29)27-18(28)3/h7-13,17,20,22,24,30H,3,5-6,14-16H2,1-2,4H3,(H,27,29)/t17-,20+,22+,24+,25+,37?/m0/s1. The van der Waals surface area contributed by atoms with E-state index in [4.69, 9.17) is 30.1 Å². The number of benzene rings is 1. The van der Waals surface area contributed by atoms with Crippen LogP contribution >= 0.6 is 19.2 Å². The number of amides is 1. The quantitative estimate of drug-likeness (QED) is 0.171. The SMILES string of the molecule is C=C1NC(=O)C=CN1[C@@H]1O[C@H](COP(=O)(C[C@H](C)C(=O)OCCCC)Oc2ccccc2)[C@@H](O)[C@@]1(C)Cl. The number of aliphatic hydroxyl groups is 1. The lowest BCUT2D eigenvalue weighted by molar-refractivity contribution is -0.147. The highest BCUT2D eigenvalue weighted by Gasteiger charge is 2.55. The van der Waals surface area contributed by atoms with Crippen LogP contribution in [0.4, 0.5) is 0 Å². The number of nitrogens with zero attached hydrogens (tertiary/aromatic N) is 1. The predicted octanol–water partition coefficient (Wildman–Crippen LogP) is 3.75. The molecule has 2 N–H and O–H groups in total. The van der Waals surface area contributed by atoms with Gasteiger partial charge in [0.05, 0.1) is 25.3 Å². The summed E-state index contributed by atoms with van der Waals surface area (Å²) in [6.07, 6.45) is 0.952. The fourth-order valence-electron chi connectivity index (χ4n) is 3.87. The van der Waals surface area contributed by atoms with Crippen LogP contribution in [-0.2, 0) is 28.2 Å². The van der Waals surface area contributed by atoms with Crippen LogP contribution in [-0.4, -0.2) is 64.6 Å². The number of carbonyl (C=O) groups is 2. The Balaban J connectivity index is 1.73. The molecule has 1 aromatic rings. The fourth-order valence-corrected chi connectivity index (χ4v) is 6.04. The number of aliphatic hydroxyl groups excluding tert-OH is 1. The van der Waals surface area contributed by atoms with E-state index in [-0.39, 0.29) is 31.1 Å². The van der Waals surface area contributed by atoms with Gasteiger partial charge in [0.25, 0.3) is 5.91 Å². The summed E-state index contributed by atoms with van der Waals surface area (Å²) in [4.78, 5) is 24.2. The second-order valence-corrected chi connectivity index (χ2v) is 12.0. The van der Waals surface area contributed by atoms with Crippen LogP contribution in [0.1, 0.15) is 33.6 Å². The summed E-state index contributed by atoms with van der Waals surface area (Å²) < 4.78 is 36.6. The highest BCUT2D eigenvalue weighted by atomic mass is 35.5. The number of halogens is 1. The topological polar surface area (TPSA) is 124 Å². The van der Waals surface area contributed by atoms with E-state index in [1.54, 1.807) is 44.2 Å². The van der Waals surface area contributed by atoms with Gasteiger partial charge in [-0.2, -0.15) is 0 Å². The molecule has 0 bridgehead atoms. The zero-order valence-corrected chi connectivity index (χ0v) is 22.8. The molecule has 0 spiro atoms. The Morgan fingerprint density at radius 3 is 2.73 bits per heavy atom. The van der Waals surface area contributed by atoms with Crippen LogP contribution in [0.25, 0.3) is 0 Å². The summed E-state index contributed by atoms with van der Waals surface area (Å²) in [5.74, 6) is -1.09. The molecule has 1 amide bonds. The van der Waals surface area contributed by atoms with E-state index in [0.29, 0.717) is 5.75 Å². The van der Waals surface area contributed by atoms with E-state index in [2.05, 4.69) is 11.9 Å². The third-order valence-corrected chi connectivity index (χ3v) is 8.44. The van der Waals surface area contributed by atoms with Crippen LogP contribution in [0.15, 0.2) is 55.0 Å². The van der Waals surface area contributed by atoms with Crippen LogP contribution in [0.3, 0.4) is 0 Å². The predicted molar refractivity (Wildman–Crippen MR) is 138 cm³/mol. The van der Waals surface area contributed by atoms with Crippen molar-refractivity contribution in [2.24, 2.45) is 5.92 Å². The summed E-state index contributed by atoms with van der Waals surface area (Å²) >= 11 is 6.66. The molecule has 1 aromatic carbocycles. The summed E-state index contributed by atoms with van der Waals surface area (Å²) in [6, 6.07) is 8.45. The summed E-state index contributed by atoms with van der Waals surface area (Å²) in [5, 5.41) is 13.5. The molecule has 12 heteroatoms. The fraction of sp³-hybridized carbons (Fsp3) is 0.520. The average molecular weight is 557 g/mol. The van der Waals surface area contributed by atoms with Crippen molar-refractivity contribution in [3.05, 3.63) is 55.0 Å². The Labute approximate surface area is 222 Å². The molecule has 10 nitrogen and oxygen atoms in total. The van der Waals surface area contributed by atoms with E-state index < -0.39 is 42.8 Å². The lowest BCUT2D eigenvalue weighted by atomic mass is 10.0. The van der Waals surface area contributed by atoms with Crippen molar-refractivity contribution >= 4 is 31.1 Å². The maximum atomic E-state index is 13.8. The molecule has 2 heterocycles. The normalized spacial score (nSPS) is 27.9.